The minimum absolute atomic E-state index is 0.0935. The highest BCUT2D eigenvalue weighted by Crippen LogP contribution is 2.49. The number of hydrogen-bond donors (Lipinski definition) is 1. The first-order valence-corrected chi connectivity index (χ1v) is 13.8. The van der Waals surface area contributed by atoms with Crippen LogP contribution in [0.1, 0.15) is 119 Å². The standard InChI is InChI=1S/C31H44N2O/c1-21-27(29(34)32-26-12-9-13-26)19-28(33(21)20-22-10-7-6-8-11-22)23-16-24(30(2,3)4)18-25(17-23)31(5)14-15-31/h16-19,22,26H,6-15,20H2,1-5H3,(H,32,34). The van der Waals surface area contributed by atoms with E-state index < -0.39 is 0 Å². The predicted octanol–water partition coefficient (Wildman–Crippen LogP) is 7.68. The molecule has 2 aromatic rings. The molecule has 0 radical (unpaired) electrons. The van der Waals surface area contributed by atoms with Crippen molar-refractivity contribution in [3.8, 4) is 11.3 Å². The summed E-state index contributed by atoms with van der Waals surface area (Å²) in [6.45, 7) is 12.5. The zero-order valence-electron chi connectivity index (χ0n) is 22.1. The third-order valence-corrected chi connectivity index (χ3v) is 9.01. The summed E-state index contributed by atoms with van der Waals surface area (Å²) < 4.78 is 2.49. The SMILES string of the molecule is Cc1c(C(=O)NC2CCC2)cc(-c2cc(C(C)(C)C)cc(C3(C)CC3)c2)n1CC1CCCCC1. The van der Waals surface area contributed by atoms with Crippen molar-refractivity contribution in [2.75, 3.05) is 0 Å². The molecule has 0 spiro atoms. The predicted molar refractivity (Wildman–Crippen MR) is 142 cm³/mol. The molecule has 3 nitrogen and oxygen atoms in total. The number of amides is 1. The summed E-state index contributed by atoms with van der Waals surface area (Å²) in [6, 6.07) is 9.84. The molecule has 3 saturated carbocycles. The fourth-order valence-corrected chi connectivity index (χ4v) is 5.83. The second kappa shape index (κ2) is 8.88. The first-order chi connectivity index (χ1) is 16.1. The van der Waals surface area contributed by atoms with Crippen LogP contribution >= 0.6 is 0 Å². The average Bonchev–Trinajstić information content (AvgIpc) is 3.45. The van der Waals surface area contributed by atoms with Gasteiger partial charge in [0.25, 0.3) is 5.91 Å². The van der Waals surface area contributed by atoms with Gasteiger partial charge in [0, 0.05) is 24.0 Å². The molecule has 1 aromatic heterocycles. The topological polar surface area (TPSA) is 34.0 Å². The molecule has 0 aliphatic heterocycles. The van der Waals surface area contributed by atoms with Gasteiger partial charge in [-0.05, 0) is 104 Å². The monoisotopic (exact) mass is 460 g/mol. The molecule has 1 aromatic carbocycles. The number of nitrogens with one attached hydrogen (secondary N) is 1. The van der Waals surface area contributed by atoms with Gasteiger partial charge in [-0.2, -0.15) is 0 Å². The normalized spacial score (nSPS) is 20.7. The first kappa shape index (κ1) is 23.7. The van der Waals surface area contributed by atoms with Crippen molar-refractivity contribution in [2.24, 2.45) is 5.92 Å². The Labute approximate surface area is 206 Å². The minimum atomic E-state index is 0.0935. The van der Waals surface area contributed by atoms with Gasteiger partial charge in [-0.15, -0.1) is 0 Å². The van der Waals surface area contributed by atoms with Crippen LogP contribution in [-0.2, 0) is 17.4 Å². The smallest absolute Gasteiger partial charge is 0.253 e. The lowest BCUT2D eigenvalue weighted by Crippen LogP contribution is -2.39. The van der Waals surface area contributed by atoms with Crippen molar-refractivity contribution in [3.63, 3.8) is 0 Å². The van der Waals surface area contributed by atoms with Gasteiger partial charge >= 0.3 is 0 Å². The second-order valence-electron chi connectivity index (χ2n) is 12.9. The van der Waals surface area contributed by atoms with E-state index in [4.69, 9.17) is 0 Å². The van der Waals surface area contributed by atoms with E-state index in [0.29, 0.717) is 17.4 Å². The Balaban J connectivity index is 1.58. The lowest BCUT2D eigenvalue weighted by molar-refractivity contribution is 0.0916. The second-order valence-corrected chi connectivity index (χ2v) is 12.9. The van der Waals surface area contributed by atoms with Gasteiger partial charge in [0.15, 0.2) is 0 Å². The van der Waals surface area contributed by atoms with Crippen molar-refractivity contribution in [1.29, 1.82) is 0 Å². The molecule has 3 aliphatic rings. The van der Waals surface area contributed by atoms with Crippen LogP contribution < -0.4 is 5.32 Å². The number of nitrogens with zero attached hydrogens (tertiary/aromatic N) is 1. The van der Waals surface area contributed by atoms with Crippen molar-refractivity contribution in [2.45, 2.75) is 122 Å². The highest BCUT2D eigenvalue weighted by atomic mass is 16.1. The van der Waals surface area contributed by atoms with Crippen LogP contribution in [0.15, 0.2) is 24.3 Å². The number of carbonyl (C=O) groups excluding carboxylic acids is 1. The van der Waals surface area contributed by atoms with Gasteiger partial charge in [-0.1, -0.05) is 53.0 Å². The maximum absolute atomic E-state index is 13.3. The Kier molecular flexibility index (Phi) is 6.19. The van der Waals surface area contributed by atoms with Gasteiger partial charge in [0.05, 0.1) is 5.56 Å². The maximum Gasteiger partial charge on any atom is 0.253 e. The molecule has 0 bridgehead atoms. The van der Waals surface area contributed by atoms with Gasteiger partial charge < -0.3 is 9.88 Å². The van der Waals surface area contributed by atoms with E-state index in [9.17, 15) is 4.79 Å². The lowest BCUT2D eigenvalue weighted by Gasteiger charge is -2.26. The van der Waals surface area contributed by atoms with E-state index in [1.807, 2.05) is 0 Å². The average molecular weight is 461 g/mol. The highest BCUT2D eigenvalue weighted by molar-refractivity contribution is 5.97. The van der Waals surface area contributed by atoms with E-state index in [1.165, 1.54) is 73.8 Å². The summed E-state index contributed by atoms with van der Waals surface area (Å²) in [5.41, 5.74) is 7.81. The van der Waals surface area contributed by atoms with Crippen LogP contribution in [0.25, 0.3) is 11.3 Å². The quantitative estimate of drug-likeness (QED) is 0.471. The van der Waals surface area contributed by atoms with Crippen LogP contribution in [0.3, 0.4) is 0 Å². The van der Waals surface area contributed by atoms with Crippen molar-refractivity contribution in [3.05, 3.63) is 46.6 Å². The summed E-state index contributed by atoms with van der Waals surface area (Å²) in [5.74, 6) is 0.833. The molecule has 5 rings (SSSR count). The molecule has 3 aliphatic carbocycles. The molecule has 1 amide bonds. The fraction of sp³-hybridized carbons (Fsp3) is 0.645. The maximum atomic E-state index is 13.3. The van der Waals surface area contributed by atoms with Crippen LogP contribution in [0.2, 0.25) is 0 Å². The first-order valence-electron chi connectivity index (χ1n) is 13.8. The van der Waals surface area contributed by atoms with Gasteiger partial charge in [-0.3, -0.25) is 4.79 Å². The number of rotatable bonds is 6. The Hall–Kier alpha value is -2.03. The Morgan fingerprint density at radius 1 is 1.00 bits per heavy atom. The molecule has 3 fully saturated rings. The molecule has 34 heavy (non-hydrogen) atoms. The zero-order chi connectivity index (χ0) is 24.1. The summed E-state index contributed by atoms with van der Waals surface area (Å²) in [5, 5.41) is 3.30. The number of benzene rings is 1. The molecule has 0 saturated heterocycles. The fourth-order valence-electron chi connectivity index (χ4n) is 5.83. The van der Waals surface area contributed by atoms with E-state index in [-0.39, 0.29) is 11.3 Å². The van der Waals surface area contributed by atoms with Crippen molar-refractivity contribution in [1.82, 2.24) is 9.88 Å². The van der Waals surface area contributed by atoms with Gasteiger partial charge in [0.2, 0.25) is 0 Å². The number of carbonyl (C=O) groups is 1. The number of aromatic nitrogens is 1. The Morgan fingerprint density at radius 3 is 2.29 bits per heavy atom. The molecular weight excluding hydrogens is 416 g/mol. The summed E-state index contributed by atoms with van der Waals surface area (Å²) in [6.07, 6.45) is 12.7. The molecule has 0 unspecified atom stereocenters. The van der Waals surface area contributed by atoms with Crippen LogP contribution in [0.4, 0.5) is 0 Å². The third kappa shape index (κ3) is 4.72. The van der Waals surface area contributed by atoms with Crippen LogP contribution in [0, 0.1) is 12.8 Å². The zero-order valence-corrected chi connectivity index (χ0v) is 22.1. The molecule has 1 heterocycles. The van der Waals surface area contributed by atoms with Crippen LogP contribution in [-0.4, -0.2) is 16.5 Å². The van der Waals surface area contributed by atoms with E-state index >= 15 is 0 Å². The summed E-state index contributed by atoms with van der Waals surface area (Å²) in [7, 11) is 0. The molecule has 1 N–H and O–H groups in total. The third-order valence-electron chi connectivity index (χ3n) is 9.01. The molecule has 184 valence electrons. The number of hydrogen-bond acceptors (Lipinski definition) is 1. The van der Waals surface area contributed by atoms with Crippen molar-refractivity contribution < 1.29 is 4.79 Å². The lowest BCUT2D eigenvalue weighted by atomic mass is 9.82. The molecule has 0 atom stereocenters. The van der Waals surface area contributed by atoms with Gasteiger partial charge in [0.1, 0.15) is 0 Å². The Morgan fingerprint density at radius 2 is 1.71 bits per heavy atom. The van der Waals surface area contributed by atoms with Crippen LogP contribution in [0.5, 0.6) is 0 Å². The molecular formula is C31H44N2O. The summed E-state index contributed by atoms with van der Waals surface area (Å²) in [4.78, 5) is 13.3. The highest BCUT2D eigenvalue weighted by Gasteiger charge is 2.40. The van der Waals surface area contributed by atoms with E-state index in [2.05, 4.69) is 68.8 Å². The molecule has 3 heteroatoms. The Bertz CT molecular complexity index is 1030. The van der Waals surface area contributed by atoms with E-state index in [0.717, 1.165) is 30.6 Å². The van der Waals surface area contributed by atoms with Gasteiger partial charge in [-0.25, -0.2) is 0 Å². The summed E-state index contributed by atoms with van der Waals surface area (Å²) >= 11 is 0. The largest absolute Gasteiger partial charge is 0.349 e. The minimum Gasteiger partial charge on any atom is -0.349 e. The van der Waals surface area contributed by atoms with Crippen molar-refractivity contribution >= 4 is 5.91 Å². The van der Waals surface area contributed by atoms with E-state index in [1.54, 1.807) is 0 Å².